The second kappa shape index (κ2) is 9.05. The molecular formula is C18H25N5O2S. The number of hydrogen-bond donors (Lipinski definition) is 1. The molecule has 1 fully saturated rings. The van der Waals surface area contributed by atoms with Gasteiger partial charge in [-0.1, -0.05) is 19.8 Å². The number of aromatic nitrogens is 3. The molecule has 1 aliphatic heterocycles. The monoisotopic (exact) mass is 375 g/mol. The van der Waals surface area contributed by atoms with Gasteiger partial charge in [-0.2, -0.15) is 5.10 Å². The van der Waals surface area contributed by atoms with E-state index in [-0.39, 0.29) is 17.2 Å². The van der Waals surface area contributed by atoms with E-state index in [0.717, 1.165) is 38.2 Å². The van der Waals surface area contributed by atoms with Gasteiger partial charge in [-0.25, -0.2) is 9.67 Å². The third-order valence-corrected chi connectivity index (χ3v) is 5.24. The summed E-state index contributed by atoms with van der Waals surface area (Å²) in [6.07, 6.45) is 5.61. The van der Waals surface area contributed by atoms with E-state index in [9.17, 15) is 9.59 Å². The summed E-state index contributed by atoms with van der Waals surface area (Å²) in [5, 5.41) is 9.51. The molecule has 2 aromatic heterocycles. The molecule has 26 heavy (non-hydrogen) atoms. The molecule has 1 amide bonds. The van der Waals surface area contributed by atoms with E-state index < -0.39 is 0 Å². The van der Waals surface area contributed by atoms with Crippen LogP contribution in [0.5, 0.6) is 0 Å². The zero-order chi connectivity index (χ0) is 18.4. The van der Waals surface area contributed by atoms with E-state index >= 15 is 0 Å². The first-order valence-corrected chi connectivity index (χ1v) is 10.1. The quantitative estimate of drug-likeness (QED) is 0.805. The Bertz CT molecular complexity index is 795. The number of piperidine rings is 1. The van der Waals surface area contributed by atoms with Gasteiger partial charge < -0.3 is 0 Å². The van der Waals surface area contributed by atoms with Crippen LogP contribution in [0.2, 0.25) is 0 Å². The molecule has 1 aliphatic rings. The van der Waals surface area contributed by atoms with Crippen LogP contribution in [0.4, 0.5) is 5.13 Å². The minimum Gasteiger partial charge on any atom is -0.297 e. The highest BCUT2D eigenvalue weighted by Crippen LogP contribution is 2.19. The molecule has 0 saturated carbocycles. The Morgan fingerprint density at radius 2 is 2.08 bits per heavy atom. The molecule has 0 atom stereocenters. The highest BCUT2D eigenvalue weighted by molar-refractivity contribution is 7.13. The number of anilines is 1. The van der Waals surface area contributed by atoms with Gasteiger partial charge in [0.2, 0.25) is 0 Å². The highest BCUT2D eigenvalue weighted by atomic mass is 32.1. The predicted molar refractivity (Wildman–Crippen MR) is 103 cm³/mol. The van der Waals surface area contributed by atoms with Crippen molar-refractivity contribution < 1.29 is 4.79 Å². The summed E-state index contributed by atoms with van der Waals surface area (Å²) in [5.74, 6) is -0.339. The van der Waals surface area contributed by atoms with E-state index in [1.807, 2.05) is 12.3 Å². The minimum atomic E-state index is -0.339. The molecule has 0 unspecified atom stereocenters. The molecule has 0 spiro atoms. The lowest BCUT2D eigenvalue weighted by molar-refractivity contribution is 0.101. The van der Waals surface area contributed by atoms with Gasteiger partial charge in [0.05, 0.1) is 5.69 Å². The predicted octanol–water partition coefficient (Wildman–Crippen LogP) is 2.74. The first kappa shape index (κ1) is 18.7. The maximum absolute atomic E-state index is 12.4. The number of rotatable bonds is 7. The average molecular weight is 375 g/mol. The van der Waals surface area contributed by atoms with Gasteiger partial charge in [-0.05, 0) is 38.4 Å². The number of aryl methyl sites for hydroxylation is 1. The molecule has 3 heterocycles. The Labute approximate surface area is 157 Å². The lowest BCUT2D eigenvalue weighted by Crippen LogP contribution is -2.29. The Balaban J connectivity index is 1.62. The van der Waals surface area contributed by atoms with Crippen molar-refractivity contribution in [1.82, 2.24) is 19.7 Å². The fourth-order valence-electron chi connectivity index (χ4n) is 2.98. The van der Waals surface area contributed by atoms with Crippen molar-refractivity contribution in [3.8, 4) is 0 Å². The van der Waals surface area contributed by atoms with Crippen LogP contribution in [0.1, 0.15) is 55.2 Å². The fourth-order valence-corrected chi connectivity index (χ4v) is 3.68. The Morgan fingerprint density at radius 1 is 1.27 bits per heavy atom. The number of nitrogens with zero attached hydrogens (tertiary/aromatic N) is 4. The highest BCUT2D eigenvalue weighted by Gasteiger charge is 2.15. The maximum atomic E-state index is 12.4. The number of thiazole rings is 1. The van der Waals surface area contributed by atoms with E-state index in [2.05, 4.69) is 20.3 Å². The lowest BCUT2D eigenvalue weighted by Gasteiger charge is -2.25. The molecule has 1 saturated heterocycles. The molecule has 0 radical (unpaired) electrons. The van der Waals surface area contributed by atoms with Crippen molar-refractivity contribution in [1.29, 1.82) is 0 Å². The topological polar surface area (TPSA) is 80.1 Å². The van der Waals surface area contributed by atoms with E-state index in [1.165, 1.54) is 47.4 Å². The minimum absolute atomic E-state index is 0.187. The molecular weight excluding hydrogens is 350 g/mol. The Morgan fingerprint density at radius 3 is 2.85 bits per heavy atom. The number of carbonyl (C=O) groups excluding carboxylic acids is 1. The molecule has 1 N–H and O–H groups in total. The van der Waals surface area contributed by atoms with Crippen molar-refractivity contribution >= 4 is 22.4 Å². The second-order valence-corrected chi connectivity index (χ2v) is 7.43. The van der Waals surface area contributed by atoms with Gasteiger partial charge in [-0.15, -0.1) is 11.3 Å². The van der Waals surface area contributed by atoms with Crippen molar-refractivity contribution in [2.24, 2.45) is 0 Å². The van der Waals surface area contributed by atoms with Gasteiger partial charge in [0.25, 0.3) is 11.5 Å². The maximum Gasteiger partial charge on any atom is 0.277 e. The molecule has 8 heteroatoms. The van der Waals surface area contributed by atoms with Gasteiger partial charge in [0.1, 0.15) is 5.69 Å². The van der Waals surface area contributed by atoms with Crippen LogP contribution < -0.4 is 10.9 Å². The van der Waals surface area contributed by atoms with Crippen molar-refractivity contribution in [3.05, 3.63) is 39.3 Å². The number of nitrogens with one attached hydrogen (secondary N) is 1. The standard InChI is InChI=1S/C18H25N5O2S/c1-2-3-11-23-16(24)8-7-15(21-23)17(25)20-18-19-14(13-26-18)12-22-9-5-4-6-10-22/h7-8,13H,2-6,9-12H2,1H3,(H,19,20,25). The number of hydrogen-bond acceptors (Lipinski definition) is 6. The van der Waals surface area contributed by atoms with Crippen LogP contribution in [0.3, 0.4) is 0 Å². The number of carbonyl (C=O) groups is 1. The smallest absolute Gasteiger partial charge is 0.277 e. The largest absolute Gasteiger partial charge is 0.297 e. The van der Waals surface area contributed by atoms with E-state index in [4.69, 9.17) is 0 Å². The van der Waals surface area contributed by atoms with Crippen molar-refractivity contribution in [2.45, 2.75) is 52.1 Å². The summed E-state index contributed by atoms with van der Waals surface area (Å²) >= 11 is 1.42. The SMILES string of the molecule is CCCCn1nc(C(=O)Nc2nc(CN3CCCCC3)cs2)ccc1=O. The van der Waals surface area contributed by atoms with Gasteiger partial charge in [-0.3, -0.25) is 19.8 Å². The zero-order valence-electron chi connectivity index (χ0n) is 15.1. The van der Waals surface area contributed by atoms with Crippen LogP contribution in [0.15, 0.2) is 22.3 Å². The average Bonchev–Trinajstić information content (AvgIpc) is 3.08. The van der Waals surface area contributed by atoms with E-state index in [1.54, 1.807) is 0 Å². The lowest BCUT2D eigenvalue weighted by atomic mass is 10.1. The first-order valence-electron chi connectivity index (χ1n) is 9.22. The summed E-state index contributed by atoms with van der Waals surface area (Å²) in [6, 6.07) is 2.85. The number of likely N-dealkylation sites (tertiary alicyclic amines) is 1. The second-order valence-electron chi connectivity index (χ2n) is 6.57. The van der Waals surface area contributed by atoms with E-state index in [0.29, 0.717) is 11.7 Å². The van der Waals surface area contributed by atoms with Crippen LogP contribution in [-0.2, 0) is 13.1 Å². The molecule has 3 rings (SSSR count). The summed E-state index contributed by atoms with van der Waals surface area (Å²) in [6.45, 7) is 5.62. The van der Waals surface area contributed by atoms with Crippen LogP contribution >= 0.6 is 11.3 Å². The van der Waals surface area contributed by atoms with Crippen LogP contribution in [0, 0.1) is 0 Å². The normalized spacial score (nSPS) is 15.1. The van der Waals surface area contributed by atoms with Gasteiger partial charge in [0.15, 0.2) is 5.13 Å². The van der Waals surface area contributed by atoms with Crippen molar-refractivity contribution in [3.63, 3.8) is 0 Å². The summed E-state index contributed by atoms with van der Waals surface area (Å²) in [4.78, 5) is 31.1. The van der Waals surface area contributed by atoms with Gasteiger partial charge >= 0.3 is 0 Å². The molecule has 0 bridgehead atoms. The molecule has 7 nitrogen and oxygen atoms in total. The molecule has 0 aliphatic carbocycles. The number of unbranched alkanes of at least 4 members (excludes halogenated alkanes) is 1. The van der Waals surface area contributed by atoms with Crippen molar-refractivity contribution in [2.75, 3.05) is 18.4 Å². The first-order chi connectivity index (χ1) is 12.7. The Kier molecular flexibility index (Phi) is 6.51. The number of amides is 1. The fraction of sp³-hybridized carbons (Fsp3) is 0.556. The van der Waals surface area contributed by atoms with Gasteiger partial charge in [0, 0.05) is 24.5 Å². The summed E-state index contributed by atoms with van der Waals surface area (Å²) < 4.78 is 1.35. The molecule has 0 aromatic carbocycles. The molecule has 140 valence electrons. The Hall–Kier alpha value is -2.06. The van der Waals surface area contributed by atoms with Crippen LogP contribution in [0.25, 0.3) is 0 Å². The van der Waals surface area contributed by atoms with Crippen LogP contribution in [-0.4, -0.2) is 38.7 Å². The third-order valence-electron chi connectivity index (χ3n) is 4.43. The third kappa shape index (κ3) is 4.98. The summed E-state index contributed by atoms with van der Waals surface area (Å²) in [5.41, 5.74) is 1.02. The molecule has 2 aromatic rings. The zero-order valence-corrected chi connectivity index (χ0v) is 15.9. The summed E-state index contributed by atoms with van der Waals surface area (Å²) in [7, 11) is 0.